The summed E-state index contributed by atoms with van der Waals surface area (Å²) in [6.07, 6.45) is -1.70. The fourth-order valence-corrected chi connectivity index (χ4v) is 1.07. The van der Waals surface area contributed by atoms with Crippen molar-refractivity contribution in [3.05, 3.63) is 0 Å². The van der Waals surface area contributed by atoms with Crippen LogP contribution in [0.1, 0.15) is 6.42 Å². The van der Waals surface area contributed by atoms with Gasteiger partial charge in [0, 0.05) is 13.0 Å². The van der Waals surface area contributed by atoms with Crippen LogP contribution < -0.4 is 5.32 Å². The second-order valence-corrected chi connectivity index (χ2v) is 2.67. The minimum Gasteiger partial charge on any atom is -0.480 e. The van der Waals surface area contributed by atoms with E-state index < -0.39 is 24.2 Å². The van der Waals surface area contributed by atoms with Crippen molar-refractivity contribution in [2.45, 2.75) is 24.7 Å². The lowest BCUT2D eigenvalue weighted by Gasteiger charge is -2.28. The third kappa shape index (κ3) is 1.89. The van der Waals surface area contributed by atoms with Crippen LogP contribution in [0.25, 0.3) is 0 Å². The molecule has 64 valence electrons. The highest BCUT2D eigenvalue weighted by Gasteiger charge is 2.30. The van der Waals surface area contributed by atoms with Gasteiger partial charge >= 0.3 is 5.97 Å². The number of β-amino-alcohol motifs (C(OH)–C–C–N with tert-alkyl or cyclic N) is 1. The Bertz CT molecular complexity index is 161. The van der Waals surface area contributed by atoms with E-state index in [-0.39, 0.29) is 13.0 Å². The van der Waals surface area contributed by atoms with E-state index in [2.05, 4.69) is 5.32 Å². The van der Waals surface area contributed by atoms with E-state index in [1.807, 2.05) is 0 Å². The van der Waals surface area contributed by atoms with Crippen LogP contribution in [0, 0.1) is 0 Å². The van der Waals surface area contributed by atoms with Gasteiger partial charge in [0.05, 0.1) is 12.2 Å². The van der Waals surface area contributed by atoms with Crippen LogP contribution in [0.15, 0.2) is 0 Å². The van der Waals surface area contributed by atoms with Gasteiger partial charge in [0.25, 0.3) is 0 Å². The number of carboxylic acids is 1. The van der Waals surface area contributed by atoms with Crippen molar-refractivity contribution in [2.24, 2.45) is 0 Å². The number of hydrogen-bond acceptors (Lipinski definition) is 4. The Morgan fingerprint density at radius 2 is 2.00 bits per heavy atom. The van der Waals surface area contributed by atoms with E-state index in [0.717, 1.165) is 0 Å². The largest absolute Gasteiger partial charge is 0.480 e. The Balaban J connectivity index is 2.46. The highest BCUT2D eigenvalue weighted by Crippen LogP contribution is 2.08. The predicted octanol–water partition coefficient (Wildman–Crippen LogP) is -1.85. The van der Waals surface area contributed by atoms with Crippen LogP contribution in [-0.4, -0.2) is 46.1 Å². The number of rotatable bonds is 1. The summed E-state index contributed by atoms with van der Waals surface area (Å²) >= 11 is 0. The lowest BCUT2D eigenvalue weighted by atomic mass is 10.00. The van der Waals surface area contributed by atoms with Crippen molar-refractivity contribution in [3.8, 4) is 0 Å². The van der Waals surface area contributed by atoms with Gasteiger partial charge in [0.2, 0.25) is 0 Å². The normalized spacial score (nSPS) is 38.5. The molecule has 0 aromatic rings. The van der Waals surface area contributed by atoms with Crippen LogP contribution in [0.4, 0.5) is 0 Å². The summed E-state index contributed by atoms with van der Waals surface area (Å²) in [6, 6.07) is -0.728. The first-order valence-electron chi connectivity index (χ1n) is 3.43. The van der Waals surface area contributed by atoms with Gasteiger partial charge in [-0.1, -0.05) is 0 Å². The number of hydrogen-bond donors (Lipinski definition) is 4. The van der Waals surface area contributed by atoms with Gasteiger partial charge in [-0.05, 0) is 0 Å². The van der Waals surface area contributed by atoms with Crippen molar-refractivity contribution in [1.29, 1.82) is 0 Å². The molecule has 4 N–H and O–H groups in total. The van der Waals surface area contributed by atoms with E-state index in [1.54, 1.807) is 0 Å². The minimum atomic E-state index is -0.990. The Morgan fingerprint density at radius 3 is 2.45 bits per heavy atom. The molecule has 11 heavy (non-hydrogen) atoms. The maximum atomic E-state index is 10.4. The van der Waals surface area contributed by atoms with E-state index in [4.69, 9.17) is 15.3 Å². The Labute approximate surface area is 63.7 Å². The quantitative estimate of drug-likeness (QED) is 0.362. The maximum Gasteiger partial charge on any atom is 0.320 e. The summed E-state index contributed by atoms with van der Waals surface area (Å²) in [7, 11) is 0. The molecule has 5 heteroatoms. The molecule has 0 amide bonds. The number of aliphatic hydroxyl groups excluding tert-OH is 2. The van der Waals surface area contributed by atoms with Crippen LogP contribution in [0.5, 0.6) is 0 Å². The first kappa shape index (κ1) is 8.45. The number of carbonyl (C=O) groups is 1. The van der Waals surface area contributed by atoms with Gasteiger partial charge in [-0.25, -0.2) is 0 Å². The van der Waals surface area contributed by atoms with Crippen molar-refractivity contribution >= 4 is 5.97 Å². The molecular formula is C6H11NO4. The summed E-state index contributed by atoms with van der Waals surface area (Å²) in [5.41, 5.74) is 0. The van der Waals surface area contributed by atoms with Crippen molar-refractivity contribution < 1.29 is 20.1 Å². The van der Waals surface area contributed by atoms with Gasteiger partial charge in [-0.15, -0.1) is 0 Å². The van der Waals surface area contributed by atoms with E-state index >= 15 is 0 Å². The van der Waals surface area contributed by atoms with E-state index in [1.165, 1.54) is 0 Å². The van der Waals surface area contributed by atoms with Crippen molar-refractivity contribution in [2.75, 3.05) is 6.54 Å². The van der Waals surface area contributed by atoms with E-state index in [0.29, 0.717) is 0 Å². The fraction of sp³-hybridized carbons (Fsp3) is 0.833. The molecule has 0 aromatic heterocycles. The third-order valence-corrected chi connectivity index (χ3v) is 1.79. The zero-order chi connectivity index (χ0) is 8.43. The average Bonchev–Trinajstić information content (AvgIpc) is 1.94. The maximum absolute atomic E-state index is 10.4. The molecule has 0 saturated carbocycles. The zero-order valence-corrected chi connectivity index (χ0v) is 5.90. The van der Waals surface area contributed by atoms with Crippen molar-refractivity contribution in [3.63, 3.8) is 0 Å². The smallest absolute Gasteiger partial charge is 0.320 e. The summed E-state index contributed by atoms with van der Waals surface area (Å²) in [5, 5.41) is 29.1. The zero-order valence-electron chi connectivity index (χ0n) is 5.90. The van der Waals surface area contributed by atoms with Crippen LogP contribution >= 0.6 is 0 Å². The number of carboxylic acid groups (broad SMARTS) is 1. The Kier molecular flexibility index (Phi) is 2.43. The van der Waals surface area contributed by atoms with Gasteiger partial charge in [0.15, 0.2) is 0 Å². The number of aliphatic hydroxyl groups is 2. The SMILES string of the molecule is O=C(O)[C@H]1C[C@H](O)[C@@H](O)CN1. The highest BCUT2D eigenvalue weighted by atomic mass is 16.4. The average molecular weight is 161 g/mol. The number of nitrogens with one attached hydrogen (secondary N) is 1. The molecule has 5 nitrogen and oxygen atoms in total. The molecule has 3 atom stereocenters. The second kappa shape index (κ2) is 3.17. The van der Waals surface area contributed by atoms with Crippen LogP contribution in [-0.2, 0) is 4.79 Å². The fourth-order valence-electron chi connectivity index (χ4n) is 1.07. The van der Waals surface area contributed by atoms with Gasteiger partial charge in [-0.3, -0.25) is 4.79 Å². The molecule has 1 heterocycles. The number of aliphatic carboxylic acids is 1. The first-order chi connectivity index (χ1) is 5.11. The summed E-state index contributed by atoms with van der Waals surface area (Å²) in [4.78, 5) is 10.4. The highest BCUT2D eigenvalue weighted by molar-refractivity contribution is 5.73. The monoisotopic (exact) mass is 161 g/mol. The molecule has 1 aliphatic rings. The van der Waals surface area contributed by atoms with Crippen LogP contribution in [0.3, 0.4) is 0 Å². The number of piperidine rings is 1. The molecule has 1 aliphatic heterocycles. The molecule has 1 fully saturated rings. The van der Waals surface area contributed by atoms with Gasteiger partial charge < -0.3 is 20.6 Å². The molecule has 0 radical (unpaired) electrons. The minimum absolute atomic E-state index is 0.0660. The van der Waals surface area contributed by atoms with E-state index in [9.17, 15) is 4.79 Å². The third-order valence-electron chi connectivity index (χ3n) is 1.79. The first-order valence-corrected chi connectivity index (χ1v) is 3.43. The lowest BCUT2D eigenvalue weighted by Crippen LogP contribution is -2.52. The topological polar surface area (TPSA) is 89.8 Å². The van der Waals surface area contributed by atoms with Crippen LogP contribution in [0.2, 0.25) is 0 Å². The Morgan fingerprint density at radius 1 is 1.36 bits per heavy atom. The molecule has 0 bridgehead atoms. The van der Waals surface area contributed by atoms with Gasteiger partial charge in [0.1, 0.15) is 6.04 Å². The molecule has 0 aliphatic carbocycles. The lowest BCUT2D eigenvalue weighted by molar-refractivity contribution is -0.142. The van der Waals surface area contributed by atoms with Crippen molar-refractivity contribution in [1.82, 2.24) is 5.32 Å². The Hall–Kier alpha value is -0.650. The molecular weight excluding hydrogens is 150 g/mol. The summed E-state index contributed by atoms with van der Waals surface area (Å²) in [6.45, 7) is 0.137. The molecule has 1 saturated heterocycles. The molecule has 0 aromatic carbocycles. The summed E-state index contributed by atoms with van der Waals surface area (Å²) in [5.74, 6) is -0.990. The predicted molar refractivity (Wildman–Crippen MR) is 36.1 cm³/mol. The summed E-state index contributed by atoms with van der Waals surface area (Å²) < 4.78 is 0. The second-order valence-electron chi connectivity index (χ2n) is 2.67. The molecule has 0 unspecified atom stereocenters. The molecule has 1 rings (SSSR count). The molecule has 0 spiro atoms. The standard InChI is InChI=1S/C6H11NO4/c8-4-1-3(6(10)11)7-2-5(4)9/h3-5,7-9H,1-2H2,(H,10,11)/t3-,4+,5+/m1/s1. The van der Waals surface area contributed by atoms with Gasteiger partial charge in [-0.2, -0.15) is 0 Å².